The van der Waals surface area contributed by atoms with Gasteiger partial charge in [0.05, 0.1) is 35.2 Å². The molecule has 2 amide bonds. The van der Waals surface area contributed by atoms with Gasteiger partial charge in [-0.15, -0.1) is 0 Å². The van der Waals surface area contributed by atoms with Gasteiger partial charge in [0.25, 0.3) is 8.32 Å². The minimum atomic E-state index is -3.04. The van der Waals surface area contributed by atoms with Gasteiger partial charge in [-0.2, -0.15) is 0 Å². The lowest BCUT2D eigenvalue weighted by Gasteiger charge is -2.46. The number of halogens is 1. The lowest BCUT2D eigenvalue weighted by molar-refractivity contribution is -0.141. The summed E-state index contributed by atoms with van der Waals surface area (Å²) in [5.41, 5.74) is 4.76. The summed E-state index contributed by atoms with van der Waals surface area (Å²) >= 11 is 2.10. The molecule has 0 unspecified atom stereocenters. The number of carbonyl (C=O) groups excluding carboxylic acids is 2. The number of imide groups is 1. The number of hydrogen-bond donors (Lipinski definition) is 3. The molecule has 4 aromatic rings. The number of carbonyl (C=O) groups is 3. The highest BCUT2D eigenvalue weighted by Crippen LogP contribution is 2.51. The standard InChI is InChI=1S/C50H57BINO9Si/c1-50(2,3)63(37-19-11-6-12-20-37,38-21-13-7-14-22-38)61-32-36-30-39-46(49(58)53(48(39)57)26-16-8-15-23-44(54)55)40-31-51(59)62-42(45(36)40)25-24-35(34-17-9-5-10-18-34)27-33-28-41(52)47(56)43(29-33)60-4/h5-7,9-14,17-22,27-29,39-40,42,46,56,59H,8,15-16,23-26,30-32H2,1-4H3,(H,54,55)/b35-27-/t39-,40+,42-,46-/m1/s1. The number of aliphatic carboxylic acids is 1. The molecule has 0 spiro atoms. The van der Waals surface area contributed by atoms with Crippen molar-refractivity contribution in [2.75, 3.05) is 20.3 Å². The molecule has 0 bridgehead atoms. The highest BCUT2D eigenvalue weighted by molar-refractivity contribution is 14.1. The lowest BCUT2D eigenvalue weighted by Crippen LogP contribution is -2.66. The molecule has 2 aliphatic heterocycles. The van der Waals surface area contributed by atoms with Crippen LogP contribution in [0.4, 0.5) is 0 Å². The number of unbranched alkanes of at least 4 members (excludes halogenated alkanes) is 2. The smallest absolute Gasteiger partial charge is 0.455 e. The third kappa shape index (κ3) is 9.92. The molecule has 10 nitrogen and oxygen atoms in total. The predicted molar refractivity (Wildman–Crippen MR) is 257 cm³/mol. The minimum absolute atomic E-state index is 0.0417. The maximum absolute atomic E-state index is 14.5. The van der Waals surface area contributed by atoms with Crippen LogP contribution in [-0.2, 0) is 23.5 Å². The molecule has 7 rings (SSSR count). The van der Waals surface area contributed by atoms with E-state index < -0.39 is 45.3 Å². The Morgan fingerprint density at radius 3 is 2.14 bits per heavy atom. The molecule has 4 aromatic carbocycles. The topological polar surface area (TPSA) is 143 Å². The first-order valence-electron chi connectivity index (χ1n) is 21.9. The summed E-state index contributed by atoms with van der Waals surface area (Å²) in [7, 11) is -2.67. The number of phenolic OH excluding ortho intramolecular Hbond substituents is 1. The number of fused-ring (bicyclic) bond motifs is 3. The summed E-state index contributed by atoms with van der Waals surface area (Å²) in [5, 5.41) is 33.2. The van der Waals surface area contributed by atoms with Gasteiger partial charge in [0.1, 0.15) is 0 Å². The SMILES string of the molecule is COc1cc(/C=C(/CC[C@H]2OB(O)C[C@H]3C2=C(CO[Si](c2ccccc2)(c2ccccc2)C(C)(C)C)C[C@H]2C(=O)N(CCCCCC(=O)O)C(=O)[C@H]23)c2ccccc2)cc(I)c1O. The van der Waals surface area contributed by atoms with Gasteiger partial charge in [0.2, 0.25) is 11.8 Å². The van der Waals surface area contributed by atoms with Crippen LogP contribution in [0.2, 0.25) is 11.4 Å². The van der Waals surface area contributed by atoms with E-state index in [4.69, 9.17) is 18.9 Å². The first-order chi connectivity index (χ1) is 30.2. The zero-order chi connectivity index (χ0) is 44.9. The molecule has 0 saturated carbocycles. The van der Waals surface area contributed by atoms with Crippen molar-refractivity contribution in [3.63, 3.8) is 0 Å². The van der Waals surface area contributed by atoms with Crippen LogP contribution >= 0.6 is 22.6 Å². The van der Waals surface area contributed by atoms with Crippen LogP contribution in [0.5, 0.6) is 11.5 Å². The summed E-state index contributed by atoms with van der Waals surface area (Å²) in [6.45, 7) is 7.15. The summed E-state index contributed by atoms with van der Waals surface area (Å²) < 4.78 is 20.2. The molecule has 0 radical (unpaired) electrons. The van der Waals surface area contributed by atoms with Crippen molar-refractivity contribution in [1.29, 1.82) is 0 Å². The number of carboxylic acid groups (broad SMARTS) is 1. The third-order valence-electron chi connectivity index (χ3n) is 13.0. The van der Waals surface area contributed by atoms with Crippen LogP contribution in [-0.4, -0.2) is 79.7 Å². The maximum atomic E-state index is 14.5. The fraction of sp³-hybridized carbons (Fsp3) is 0.380. The minimum Gasteiger partial charge on any atom is -0.504 e. The summed E-state index contributed by atoms with van der Waals surface area (Å²) in [5.74, 6) is -2.56. The van der Waals surface area contributed by atoms with E-state index in [9.17, 15) is 24.5 Å². The molecule has 4 atom stereocenters. The molecular formula is C50H57BINO9Si. The van der Waals surface area contributed by atoms with Gasteiger partial charge in [-0.3, -0.25) is 19.3 Å². The Balaban J connectivity index is 1.29. The van der Waals surface area contributed by atoms with E-state index in [1.165, 1.54) is 12.0 Å². The van der Waals surface area contributed by atoms with Gasteiger partial charge in [0.15, 0.2) is 11.5 Å². The number of allylic oxidation sites excluding steroid dienone is 1. The van der Waals surface area contributed by atoms with Crippen molar-refractivity contribution >= 4 is 77.8 Å². The molecule has 2 heterocycles. The number of methoxy groups -OCH3 is 1. The van der Waals surface area contributed by atoms with E-state index in [2.05, 4.69) is 110 Å². The average molecular weight is 982 g/mol. The monoisotopic (exact) mass is 981 g/mol. The summed E-state index contributed by atoms with van der Waals surface area (Å²) in [6, 6.07) is 34.6. The van der Waals surface area contributed by atoms with Gasteiger partial charge in [-0.05, 0) is 122 Å². The molecule has 3 N–H and O–H groups in total. The van der Waals surface area contributed by atoms with Gasteiger partial charge in [-0.25, -0.2) is 0 Å². The predicted octanol–water partition coefficient (Wildman–Crippen LogP) is 8.34. The van der Waals surface area contributed by atoms with E-state index in [0.717, 1.165) is 38.2 Å². The van der Waals surface area contributed by atoms with Gasteiger partial charge in [0, 0.05) is 13.0 Å². The molecule has 63 heavy (non-hydrogen) atoms. The lowest BCUT2D eigenvalue weighted by atomic mass is 9.58. The zero-order valence-corrected chi connectivity index (χ0v) is 39.6. The fourth-order valence-electron chi connectivity index (χ4n) is 10.1. The van der Waals surface area contributed by atoms with Crippen LogP contribution in [0.3, 0.4) is 0 Å². The number of nitrogens with zero attached hydrogens (tertiary/aromatic N) is 1. The molecule has 2 saturated heterocycles. The van der Waals surface area contributed by atoms with E-state index in [0.29, 0.717) is 47.8 Å². The molecule has 1 aliphatic carbocycles. The average Bonchev–Trinajstić information content (AvgIpc) is 3.51. The van der Waals surface area contributed by atoms with Crippen molar-refractivity contribution in [1.82, 2.24) is 4.90 Å². The highest BCUT2D eigenvalue weighted by atomic mass is 127. The molecule has 330 valence electrons. The van der Waals surface area contributed by atoms with Crippen LogP contribution in [0.25, 0.3) is 11.6 Å². The molecule has 0 aromatic heterocycles. The third-order valence-corrected chi connectivity index (χ3v) is 18.8. The largest absolute Gasteiger partial charge is 0.504 e. The van der Waals surface area contributed by atoms with Crippen LogP contribution in [0.15, 0.2) is 114 Å². The van der Waals surface area contributed by atoms with E-state index >= 15 is 0 Å². The number of amides is 2. The Labute approximate surface area is 385 Å². The Morgan fingerprint density at radius 1 is 0.905 bits per heavy atom. The highest BCUT2D eigenvalue weighted by Gasteiger charge is 2.58. The number of benzene rings is 4. The first-order valence-corrected chi connectivity index (χ1v) is 24.9. The van der Waals surface area contributed by atoms with Gasteiger partial charge < -0.3 is 29.1 Å². The Bertz CT molecular complexity index is 2300. The Kier molecular flexibility index (Phi) is 14.8. The molecule has 3 aliphatic rings. The van der Waals surface area contributed by atoms with Crippen LogP contribution in [0.1, 0.15) is 76.8 Å². The normalized spacial score (nSPS) is 20.5. The zero-order valence-electron chi connectivity index (χ0n) is 36.5. The summed E-state index contributed by atoms with van der Waals surface area (Å²) in [6.07, 6.45) is 4.66. The second-order valence-electron chi connectivity index (χ2n) is 17.9. The first kappa shape index (κ1) is 46.5. The Morgan fingerprint density at radius 2 is 1.54 bits per heavy atom. The van der Waals surface area contributed by atoms with Crippen LogP contribution in [0, 0.1) is 21.3 Å². The van der Waals surface area contributed by atoms with Crippen molar-refractivity contribution in [2.45, 2.75) is 83.2 Å². The molecule has 13 heteroatoms. The van der Waals surface area contributed by atoms with Crippen molar-refractivity contribution in [3.8, 4) is 11.5 Å². The maximum Gasteiger partial charge on any atom is 0.455 e. The van der Waals surface area contributed by atoms with E-state index in [1.54, 1.807) is 0 Å². The van der Waals surface area contributed by atoms with Crippen molar-refractivity contribution < 1.29 is 43.4 Å². The number of hydrogen-bond acceptors (Lipinski definition) is 8. The second-order valence-corrected chi connectivity index (χ2v) is 23.4. The number of phenols is 1. The van der Waals surface area contributed by atoms with E-state index in [1.807, 2.05) is 42.5 Å². The van der Waals surface area contributed by atoms with Crippen LogP contribution < -0.4 is 15.1 Å². The number of likely N-dealkylation sites (tertiary alicyclic amines) is 1. The number of aromatic hydroxyl groups is 1. The quantitative estimate of drug-likeness (QED) is 0.0238. The number of ether oxygens (including phenoxy) is 1. The fourth-order valence-corrected chi connectivity index (χ4v) is 15.3. The van der Waals surface area contributed by atoms with E-state index in [-0.39, 0.29) is 48.5 Å². The second kappa shape index (κ2) is 20.1. The van der Waals surface area contributed by atoms with Gasteiger partial charge in [-0.1, -0.05) is 124 Å². The van der Waals surface area contributed by atoms with Crippen molar-refractivity contribution in [2.24, 2.45) is 17.8 Å². The molecule has 2 fully saturated rings. The summed E-state index contributed by atoms with van der Waals surface area (Å²) in [4.78, 5) is 41.4. The Hall–Kier alpha value is -4.54. The van der Waals surface area contributed by atoms with Crippen molar-refractivity contribution in [3.05, 3.63) is 129 Å². The van der Waals surface area contributed by atoms with Gasteiger partial charge >= 0.3 is 13.1 Å². The molecular weight excluding hydrogens is 924 g/mol. The number of rotatable bonds is 17. The number of carboxylic acids is 1.